The van der Waals surface area contributed by atoms with E-state index in [4.69, 9.17) is 9.47 Å². The van der Waals surface area contributed by atoms with E-state index >= 15 is 0 Å². The number of benzene rings is 1. The van der Waals surface area contributed by atoms with Crippen LogP contribution >= 0.6 is 0 Å². The Morgan fingerprint density at radius 1 is 1.23 bits per heavy atom. The number of nitrogens with zero attached hydrogens (tertiary/aromatic N) is 1. The Kier molecular flexibility index (Phi) is 5.72. The first kappa shape index (κ1) is 19.0. The van der Waals surface area contributed by atoms with Crippen molar-refractivity contribution in [2.75, 3.05) is 32.1 Å². The molecule has 0 bridgehead atoms. The second-order valence-electron chi connectivity index (χ2n) is 6.71. The van der Waals surface area contributed by atoms with E-state index in [1.807, 2.05) is 25.1 Å². The Hall–Kier alpha value is -1.80. The summed E-state index contributed by atoms with van der Waals surface area (Å²) in [5, 5.41) is 3.04. The molecule has 7 nitrogen and oxygen atoms in total. The van der Waals surface area contributed by atoms with Crippen LogP contribution in [0.3, 0.4) is 0 Å². The van der Waals surface area contributed by atoms with Crippen LogP contribution < -0.4 is 14.8 Å². The SMILES string of the molecule is CCS(=O)(=O)N1CCC(C(=O)NC(C)c2ccc3c(c2)OCCO3)CC1. The van der Waals surface area contributed by atoms with Gasteiger partial charge in [0.05, 0.1) is 11.8 Å². The average molecular weight is 382 g/mol. The summed E-state index contributed by atoms with van der Waals surface area (Å²) in [6, 6.07) is 5.53. The zero-order valence-corrected chi connectivity index (χ0v) is 16.0. The number of sulfonamides is 1. The number of piperidine rings is 1. The van der Waals surface area contributed by atoms with E-state index in [1.54, 1.807) is 6.92 Å². The van der Waals surface area contributed by atoms with Crippen molar-refractivity contribution in [3.63, 3.8) is 0 Å². The number of carbonyl (C=O) groups is 1. The molecular weight excluding hydrogens is 356 g/mol. The van der Waals surface area contributed by atoms with Crippen LogP contribution in [0.2, 0.25) is 0 Å². The summed E-state index contributed by atoms with van der Waals surface area (Å²) in [5.74, 6) is 1.35. The van der Waals surface area contributed by atoms with Crippen LogP contribution in [0.1, 0.15) is 38.3 Å². The molecule has 1 aromatic carbocycles. The molecule has 2 heterocycles. The van der Waals surface area contributed by atoms with E-state index < -0.39 is 10.0 Å². The van der Waals surface area contributed by atoms with Crippen LogP contribution in [-0.2, 0) is 14.8 Å². The summed E-state index contributed by atoms with van der Waals surface area (Å²) in [6.07, 6.45) is 1.11. The fraction of sp³-hybridized carbons (Fsp3) is 0.611. The summed E-state index contributed by atoms with van der Waals surface area (Å²) in [4.78, 5) is 12.6. The van der Waals surface area contributed by atoms with Crippen LogP contribution in [0.5, 0.6) is 11.5 Å². The van der Waals surface area contributed by atoms with Crippen molar-refractivity contribution >= 4 is 15.9 Å². The quantitative estimate of drug-likeness (QED) is 0.838. The zero-order chi connectivity index (χ0) is 18.7. The van der Waals surface area contributed by atoms with Crippen molar-refractivity contribution in [1.82, 2.24) is 9.62 Å². The molecule has 0 radical (unpaired) electrons. The van der Waals surface area contributed by atoms with Gasteiger partial charge in [0.15, 0.2) is 11.5 Å². The van der Waals surface area contributed by atoms with E-state index in [0.717, 1.165) is 11.3 Å². The molecule has 144 valence electrons. The first-order valence-corrected chi connectivity index (χ1v) is 10.7. The number of carbonyl (C=O) groups excluding carboxylic acids is 1. The predicted octanol–water partition coefficient (Wildman–Crippen LogP) is 1.70. The smallest absolute Gasteiger partial charge is 0.223 e. The lowest BCUT2D eigenvalue weighted by molar-refractivity contribution is -0.126. The van der Waals surface area contributed by atoms with Crippen LogP contribution in [0.15, 0.2) is 18.2 Å². The lowest BCUT2D eigenvalue weighted by Crippen LogP contribution is -2.43. The third-order valence-corrected chi connectivity index (χ3v) is 6.89. The Labute approximate surface area is 154 Å². The van der Waals surface area contributed by atoms with Crippen molar-refractivity contribution in [2.24, 2.45) is 5.92 Å². The van der Waals surface area contributed by atoms with Gasteiger partial charge in [-0.15, -0.1) is 0 Å². The molecule has 1 fully saturated rings. The molecule has 26 heavy (non-hydrogen) atoms. The number of hydrogen-bond acceptors (Lipinski definition) is 5. The lowest BCUT2D eigenvalue weighted by atomic mass is 9.96. The number of fused-ring (bicyclic) bond motifs is 1. The minimum Gasteiger partial charge on any atom is -0.486 e. The molecule has 1 aromatic rings. The maximum absolute atomic E-state index is 12.6. The van der Waals surface area contributed by atoms with Gasteiger partial charge in [0.25, 0.3) is 0 Å². The molecular formula is C18H26N2O5S. The summed E-state index contributed by atoms with van der Waals surface area (Å²) in [6.45, 7) is 5.46. The van der Waals surface area contributed by atoms with Crippen molar-refractivity contribution in [2.45, 2.75) is 32.7 Å². The summed E-state index contributed by atoms with van der Waals surface area (Å²) < 4.78 is 36.4. The van der Waals surface area contributed by atoms with Crippen molar-refractivity contribution in [3.05, 3.63) is 23.8 Å². The van der Waals surface area contributed by atoms with Crippen molar-refractivity contribution in [3.8, 4) is 11.5 Å². The Balaban J connectivity index is 1.57. The molecule has 0 aliphatic carbocycles. The maximum Gasteiger partial charge on any atom is 0.223 e. The third-order valence-electron chi connectivity index (χ3n) is 5.01. The van der Waals surface area contributed by atoms with Gasteiger partial charge in [-0.2, -0.15) is 0 Å². The van der Waals surface area contributed by atoms with E-state index in [1.165, 1.54) is 4.31 Å². The fourth-order valence-electron chi connectivity index (χ4n) is 3.32. The third kappa shape index (κ3) is 4.12. The second-order valence-corrected chi connectivity index (χ2v) is 8.96. The number of rotatable bonds is 5. The molecule has 1 saturated heterocycles. The van der Waals surface area contributed by atoms with Crippen molar-refractivity contribution < 1.29 is 22.7 Å². The second kappa shape index (κ2) is 7.84. The fourth-order valence-corrected chi connectivity index (χ4v) is 4.45. The zero-order valence-electron chi connectivity index (χ0n) is 15.2. The standard InChI is InChI=1S/C18H26N2O5S/c1-3-26(22,23)20-8-6-14(7-9-20)18(21)19-13(2)15-4-5-16-17(12-15)25-11-10-24-16/h4-5,12-14H,3,6-11H2,1-2H3,(H,19,21). The summed E-state index contributed by atoms with van der Waals surface area (Å²) in [7, 11) is -3.17. The normalized spacial score (nSPS) is 19.8. The van der Waals surface area contributed by atoms with E-state index in [9.17, 15) is 13.2 Å². The number of amides is 1. The van der Waals surface area contributed by atoms with Crippen LogP contribution in [0.25, 0.3) is 0 Å². The molecule has 2 aliphatic heterocycles. The first-order valence-electron chi connectivity index (χ1n) is 9.08. The van der Waals surface area contributed by atoms with E-state index in [2.05, 4.69) is 5.32 Å². The lowest BCUT2D eigenvalue weighted by Gasteiger charge is -2.31. The van der Waals surface area contributed by atoms with Gasteiger partial charge in [-0.3, -0.25) is 4.79 Å². The molecule has 1 N–H and O–H groups in total. The largest absolute Gasteiger partial charge is 0.486 e. The Morgan fingerprint density at radius 2 is 1.88 bits per heavy atom. The molecule has 1 unspecified atom stereocenters. The van der Waals surface area contributed by atoms with Gasteiger partial charge in [-0.1, -0.05) is 6.07 Å². The highest BCUT2D eigenvalue weighted by molar-refractivity contribution is 7.89. The summed E-state index contributed by atoms with van der Waals surface area (Å²) >= 11 is 0. The average Bonchev–Trinajstić information content (AvgIpc) is 2.67. The maximum atomic E-state index is 12.6. The van der Waals surface area contributed by atoms with Crippen molar-refractivity contribution in [1.29, 1.82) is 0 Å². The first-order chi connectivity index (χ1) is 12.4. The Bertz CT molecular complexity index is 757. The van der Waals surface area contributed by atoms with Gasteiger partial charge < -0.3 is 14.8 Å². The van der Waals surface area contributed by atoms with Crippen LogP contribution in [0, 0.1) is 5.92 Å². The van der Waals surface area contributed by atoms with Gasteiger partial charge >= 0.3 is 0 Å². The monoisotopic (exact) mass is 382 g/mol. The number of nitrogens with one attached hydrogen (secondary N) is 1. The van der Waals surface area contributed by atoms with Gasteiger partial charge in [0.1, 0.15) is 13.2 Å². The number of ether oxygens (including phenoxy) is 2. The molecule has 3 rings (SSSR count). The van der Waals surface area contributed by atoms with Gasteiger partial charge in [0.2, 0.25) is 15.9 Å². The molecule has 0 aromatic heterocycles. The molecule has 0 spiro atoms. The number of hydrogen-bond donors (Lipinski definition) is 1. The summed E-state index contributed by atoms with van der Waals surface area (Å²) in [5.41, 5.74) is 0.952. The molecule has 1 amide bonds. The topological polar surface area (TPSA) is 84.9 Å². The van der Waals surface area contributed by atoms with Gasteiger partial charge in [0, 0.05) is 19.0 Å². The van der Waals surface area contributed by atoms with E-state index in [-0.39, 0.29) is 23.6 Å². The molecule has 0 saturated carbocycles. The highest BCUT2D eigenvalue weighted by Crippen LogP contribution is 2.32. The minimum absolute atomic E-state index is 0.0269. The van der Waals surface area contributed by atoms with Crippen LogP contribution in [-0.4, -0.2) is 50.7 Å². The molecule has 2 aliphatic rings. The van der Waals surface area contributed by atoms with Gasteiger partial charge in [-0.05, 0) is 44.4 Å². The predicted molar refractivity (Wildman–Crippen MR) is 97.7 cm³/mol. The highest BCUT2D eigenvalue weighted by atomic mass is 32.2. The van der Waals surface area contributed by atoms with Gasteiger partial charge in [-0.25, -0.2) is 12.7 Å². The minimum atomic E-state index is -3.17. The Morgan fingerprint density at radius 3 is 2.54 bits per heavy atom. The van der Waals surface area contributed by atoms with E-state index in [0.29, 0.717) is 44.9 Å². The molecule has 1 atom stereocenters. The van der Waals surface area contributed by atoms with Crippen LogP contribution in [0.4, 0.5) is 0 Å². The molecule has 8 heteroatoms. The highest BCUT2D eigenvalue weighted by Gasteiger charge is 2.30.